The molecule has 0 spiro atoms. The van der Waals surface area contributed by atoms with Crippen molar-refractivity contribution < 1.29 is 19.0 Å². The van der Waals surface area contributed by atoms with Crippen molar-refractivity contribution in [2.24, 2.45) is 5.10 Å². The summed E-state index contributed by atoms with van der Waals surface area (Å²) in [5.41, 5.74) is 4.53. The Morgan fingerprint density at radius 1 is 1.09 bits per heavy atom. The minimum atomic E-state index is -0.400. The van der Waals surface area contributed by atoms with Crippen LogP contribution in [0.4, 0.5) is 0 Å². The number of rotatable bonds is 10. The number of amides is 1. The molecule has 1 amide bonds. The van der Waals surface area contributed by atoms with Gasteiger partial charge in [-0.2, -0.15) is 5.10 Å². The first kappa shape index (κ1) is 25.8. The van der Waals surface area contributed by atoms with Crippen molar-refractivity contribution in [2.45, 2.75) is 6.61 Å². The number of nitrogens with one attached hydrogen (secondary N) is 1. The first-order chi connectivity index (χ1) is 16.4. The maximum Gasteiger partial charge on any atom is 0.271 e. The fraction of sp³-hybridized carbons (Fsp3) is 0.120. The topological polar surface area (TPSA) is 69.2 Å². The van der Waals surface area contributed by atoms with E-state index in [1.807, 2.05) is 36.4 Å². The van der Waals surface area contributed by atoms with Gasteiger partial charge in [-0.25, -0.2) is 5.43 Å². The van der Waals surface area contributed by atoms with E-state index in [1.54, 1.807) is 24.3 Å². The summed E-state index contributed by atoms with van der Waals surface area (Å²) in [5, 5.41) is 4.77. The standard InChI is InChI=1S/C25H21Br2ClN2O4/c1-3-10-33-22-9-6-17(12-23(22)32-2)25(31)30-29-14-18-11-19(26)13-21(27)24(18)34-15-16-4-7-20(28)8-5-16/h3-9,11-14H,1,10,15H2,2H3,(H,30,31)/b29-14+. The van der Waals surface area contributed by atoms with E-state index < -0.39 is 5.91 Å². The van der Waals surface area contributed by atoms with Crippen molar-refractivity contribution in [3.63, 3.8) is 0 Å². The van der Waals surface area contributed by atoms with E-state index in [9.17, 15) is 4.79 Å². The zero-order valence-electron chi connectivity index (χ0n) is 18.2. The molecular formula is C25H21Br2ClN2O4. The van der Waals surface area contributed by atoms with Crippen molar-refractivity contribution in [2.75, 3.05) is 13.7 Å². The number of ether oxygens (including phenoxy) is 3. The number of nitrogens with zero attached hydrogens (tertiary/aromatic N) is 1. The highest BCUT2D eigenvalue weighted by Gasteiger charge is 2.12. The van der Waals surface area contributed by atoms with Gasteiger partial charge in [0.15, 0.2) is 11.5 Å². The highest BCUT2D eigenvalue weighted by Crippen LogP contribution is 2.33. The lowest BCUT2D eigenvalue weighted by Gasteiger charge is -2.12. The van der Waals surface area contributed by atoms with Crippen LogP contribution in [0.25, 0.3) is 0 Å². The number of hydrogen-bond donors (Lipinski definition) is 1. The molecule has 176 valence electrons. The third kappa shape index (κ3) is 7.09. The molecule has 0 aromatic heterocycles. The van der Waals surface area contributed by atoms with E-state index in [2.05, 4.69) is 49.0 Å². The molecule has 3 aromatic rings. The maximum absolute atomic E-state index is 12.6. The summed E-state index contributed by atoms with van der Waals surface area (Å²) in [4.78, 5) is 12.6. The summed E-state index contributed by atoms with van der Waals surface area (Å²) in [6.07, 6.45) is 3.14. The molecule has 6 nitrogen and oxygen atoms in total. The fourth-order valence-electron chi connectivity index (χ4n) is 2.87. The van der Waals surface area contributed by atoms with Gasteiger partial charge in [0.2, 0.25) is 0 Å². The van der Waals surface area contributed by atoms with Gasteiger partial charge >= 0.3 is 0 Å². The summed E-state index contributed by atoms with van der Waals surface area (Å²) in [6.45, 7) is 4.29. The highest BCUT2D eigenvalue weighted by molar-refractivity contribution is 9.11. The summed E-state index contributed by atoms with van der Waals surface area (Å²) in [5.74, 6) is 1.14. The maximum atomic E-state index is 12.6. The zero-order chi connectivity index (χ0) is 24.5. The van der Waals surface area contributed by atoms with Crippen molar-refractivity contribution in [3.05, 3.63) is 97.9 Å². The number of hydrogen-bond acceptors (Lipinski definition) is 5. The molecular weight excluding hydrogens is 588 g/mol. The van der Waals surface area contributed by atoms with Crippen LogP contribution in [0.2, 0.25) is 5.02 Å². The molecule has 1 N–H and O–H groups in total. The molecule has 9 heteroatoms. The second kappa shape index (κ2) is 12.6. The number of benzene rings is 3. The molecule has 3 rings (SSSR count). The number of carbonyl (C=O) groups is 1. The predicted molar refractivity (Wildman–Crippen MR) is 141 cm³/mol. The van der Waals surface area contributed by atoms with Crippen LogP contribution in [0.3, 0.4) is 0 Å². The Bertz CT molecular complexity index is 1200. The van der Waals surface area contributed by atoms with E-state index in [0.717, 1.165) is 14.5 Å². The van der Waals surface area contributed by atoms with Crippen LogP contribution in [0.1, 0.15) is 21.5 Å². The van der Waals surface area contributed by atoms with Crippen molar-refractivity contribution >= 4 is 55.6 Å². The lowest BCUT2D eigenvalue weighted by atomic mass is 10.2. The SMILES string of the molecule is C=CCOc1ccc(C(=O)N/N=C/c2cc(Br)cc(Br)c2OCc2ccc(Cl)cc2)cc1OC. The second-order valence-corrected chi connectivity index (χ2v) is 9.09. The monoisotopic (exact) mass is 606 g/mol. The molecule has 0 bridgehead atoms. The molecule has 0 heterocycles. The Hall–Kier alpha value is -2.81. The van der Waals surface area contributed by atoms with Crippen LogP contribution in [0, 0.1) is 0 Å². The van der Waals surface area contributed by atoms with Gasteiger partial charge in [0, 0.05) is 20.6 Å². The van der Waals surface area contributed by atoms with Crippen LogP contribution in [-0.2, 0) is 6.61 Å². The quantitative estimate of drug-likeness (QED) is 0.157. The number of carbonyl (C=O) groups excluding carboxylic acids is 1. The summed E-state index contributed by atoms with van der Waals surface area (Å²) in [7, 11) is 1.51. The van der Waals surface area contributed by atoms with Crippen molar-refractivity contribution in [3.8, 4) is 17.2 Å². The molecule has 0 atom stereocenters. The number of halogens is 3. The lowest BCUT2D eigenvalue weighted by Crippen LogP contribution is -2.17. The van der Waals surface area contributed by atoms with E-state index in [1.165, 1.54) is 13.3 Å². The summed E-state index contributed by atoms with van der Waals surface area (Å²) < 4.78 is 18.4. The molecule has 0 saturated carbocycles. The predicted octanol–water partition coefficient (Wildman–Crippen LogP) is 6.78. The first-order valence-electron chi connectivity index (χ1n) is 10.0. The van der Waals surface area contributed by atoms with E-state index in [4.69, 9.17) is 25.8 Å². The molecule has 3 aromatic carbocycles. The van der Waals surface area contributed by atoms with Gasteiger partial charge in [-0.15, -0.1) is 0 Å². The van der Waals surface area contributed by atoms with Gasteiger partial charge in [0.1, 0.15) is 19.0 Å². The molecule has 0 unspecified atom stereocenters. The smallest absolute Gasteiger partial charge is 0.271 e. The van der Waals surface area contributed by atoms with Gasteiger partial charge < -0.3 is 14.2 Å². The average Bonchev–Trinajstić information content (AvgIpc) is 2.83. The molecule has 0 saturated heterocycles. The highest BCUT2D eigenvalue weighted by atomic mass is 79.9. The van der Waals surface area contributed by atoms with E-state index >= 15 is 0 Å². The molecule has 0 aliphatic rings. The summed E-state index contributed by atoms with van der Waals surface area (Å²) in [6, 6.07) is 16.0. The van der Waals surface area contributed by atoms with Gasteiger partial charge in [-0.1, -0.05) is 52.3 Å². The largest absolute Gasteiger partial charge is 0.493 e. The molecule has 0 aliphatic carbocycles. The van der Waals surface area contributed by atoms with Crippen LogP contribution >= 0.6 is 43.5 Å². The van der Waals surface area contributed by atoms with Crippen molar-refractivity contribution in [1.82, 2.24) is 5.43 Å². The van der Waals surface area contributed by atoms with Gasteiger partial charge in [-0.3, -0.25) is 4.79 Å². The van der Waals surface area contributed by atoms with Crippen LogP contribution in [-0.4, -0.2) is 25.8 Å². The number of hydrazone groups is 1. The summed E-state index contributed by atoms with van der Waals surface area (Å²) >= 11 is 12.9. The average molecular weight is 609 g/mol. The van der Waals surface area contributed by atoms with Crippen LogP contribution < -0.4 is 19.6 Å². The first-order valence-corrected chi connectivity index (χ1v) is 12.0. The Labute approximate surface area is 219 Å². The fourth-order valence-corrected chi connectivity index (χ4v) is 4.37. The Morgan fingerprint density at radius 3 is 2.56 bits per heavy atom. The van der Waals surface area contributed by atoms with Gasteiger partial charge in [0.05, 0.1) is 17.8 Å². The number of methoxy groups -OCH3 is 1. The van der Waals surface area contributed by atoms with Crippen molar-refractivity contribution in [1.29, 1.82) is 0 Å². The normalized spacial score (nSPS) is 10.7. The van der Waals surface area contributed by atoms with Crippen LogP contribution in [0.5, 0.6) is 17.2 Å². The zero-order valence-corrected chi connectivity index (χ0v) is 22.1. The third-order valence-corrected chi connectivity index (χ3v) is 5.78. The Balaban J connectivity index is 1.72. The molecule has 0 fully saturated rings. The molecule has 0 aliphatic heterocycles. The molecule has 34 heavy (non-hydrogen) atoms. The van der Waals surface area contributed by atoms with E-state index in [0.29, 0.717) is 46.6 Å². The minimum absolute atomic E-state index is 0.330. The minimum Gasteiger partial charge on any atom is -0.493 e. The lowest BCUT2D eigenvalue weighted by molar-refractivity contribution is 0.0954. The molecule has 0 radical (unpaired) electrons. The van der Waals surface area contributed by atoms with Gasteiger partial charge in [0.25, 0.3) is 5.91 Å². The van der Waals surface area contributed by atoms with Gasteiger partial charge in [-0.05, 0) is 64.0 Å². The third-order valence-electron chi connectivity index (χ3n) is 4.49. The van der Waals surface area contributed by atoms with Crippen LogP contribution in [0.15, 0.2) is 81.3 Å². The Kier molecular flexibility index (Phi) is 9.56. The van der Waals surface area contributed by atoms with E-state index in [-0.39, 0.29) is 0 Å². The second-order valence-electron chi connectivity index (χ2n) is 6.89. The Morgan fingerprint density at radius 2 is 1.85 bits per heavy atom.